The SMILES string of the molecule is Cc1ccc(CN(C(=O)CN(c2cc(C)ccc2C)S(C)(=O)=O)[C@H](Cc2ccccc2)C(=O)NCC(C)C)cc1. The summed E-state index contributed by atoms with van der Waals surface area (Å²) in [5.74, 6) is -0.490. The molecule has 2 amide bonds. The number of carbonyl (C=O) groups is 2. The third-order valence-electron chi connectivity index (χ3n) is 6.74. The zero-order valence-corrected chi connectivity index (χ0v) is 25.2. The third-order valence-corrected chi connectivity index (χ3v) is 7.87. The summed E-state index contributed by atoms with van der Waals surface area (Å²) < 4.78 is 27.1. The Morgan fingerprint density at radius 3 is 2.08 bits per heavy atom. The number of anilines is 1. The van der Waals surface area contributed by atoms with Crippen LogP contribution >= 0.6 is 0 Å². The first-order valence-electron chi connectivity index (χ1n) is 13.6. The highest BCUT2D eigenvalue weighted by Gasteiger charge is 2.33. The van der Waals surface area contributed by atoms with Crippen molar-refractivity contribution >= 4 is 27.5 Å². The van der Waals surface area contributed by atoms with E-state index in [9.17, 15) is 18.0 Å². The van der Waals surface area contributed by atoms with Crippen LogP contribution in [0.25, 0.3) is 0 Å². The number of hydrogen-bond acceptors (Lipinski definition) is 4. The van der Waals surface area contributed by atoms with Gasteiger partial charge in [0.05, 0.1) is 11.9 Å². The molecule has 0 aliphatic heterocycles. The summed E-state index contributed by atoms with van der Waals surface area (Å²) in [7, 11) is -3.81. The molecule has 1 N–H and O–H groups in total. The molecule has 0 saturated heterocycles. The van der Waals surface area contributed by atoms with Crippen molar-refractivity contribution in [2.75, 3.05) is 23.7 Å². The number of nitrogens with zero attached hydrogens (tertiary/aromatic N) is 2. The van der Waals surface area contributed by atoms with E-state index in [0.29, 0.717) is 18.7 Å². The van der Waals surface area contributed by atoms with Crippen LogP contribution in [0.3, 0.4) is 0 Å². The molecule has 0 radical (unpaired) electrons. The lowest BCUT2D eigenvalue weighted by atomic mass is 10.0. The number of nitrogens with one attached hydrogen (secondary N) is 1. The number of hydrogen-bond donors (Lipinski definition) is 1. The Balaban J connectivity index is 2.06. The monoisotopic (exact) mass is 563 g/mol. The molecule has 0 fully saturated rings. The maximum absolute atomic E-state index is 14.2. The predicted octanol–water partition coefficient (Wildman–Crippen LogP) is 4.79. The molecule has 214 valence electrons. The molecule has 0 bridgehead atoms. The van der Waals surface area contributed by atoms with Gasteiger partial charge in [-0.2, -0.15) is 0 Å². The van der Waals surface area contributed by atoms with Crippen molar-refractivity contribution in [3.05, 3.63) is 101 Å². The molecule has 0 spiro atoms. The molecule has 8 heteroatoms. The van der Waals surface area contributed by atoms with E-state index in [1.54, 1.807) is 6.07 Å². The van der Waals surface area contributed by atoms with Crippen molar-refractivity contribution in [1.82, 2.24) is 10.2 Å². The number of amides is 2. The molecule has 0 saturated carbocycles. The first-order chi connectivity index (χ1) is 18.8. The van der Waals surface area contributed by atoms with Crippen molar-refractivity contribution < 1.29 is 18.0 Å². The second kappa shape index (κ2) is 13.6. The second-order valence-electron chi connectivity index (χ2n) is 10.9. The fourth-order valence-electron chi connectivity index (χ4n) is 4.45. The van der Waals surface area contributed by atoms with E-state index in [1.165, 1.54) is 4.90 Å². The summed E-state index contributed by atoms with van der Waals surface area (Å²) in [6.45, 7) is 9.91. The normalized spacial score (nSPS) is 12.2. The molecule has 1 atom stereocenters. The summed E-state index contributed by atoms with van der Waals surface area (Å²) in [5.41, 5.74) is 4.91. The number of benzene rings is 3. The molecule has 3 aromatic rings. The Labute approximate surface area is 239 Å². The Bertz CT molecular complexity index is 1400. The summed E-state index contributed by atoms with van der Waals surface area (Å²) >= 11 is 0. The smallest absolute Gasteiger partial charge is 0.244 e. The highest BCUT2D eigenvalue weighted by molar-refractivity contribution is 7.92. The van der Waals surface area contributed by atoms with E-state index in [2.05, 4.69) is 5.32 Å². The van der Waals surface area contributed by atoms with Gasteiger partial charge in [0, 0.05) is 19.5 Å². The van der Waals surface area contributed by atoms with Crippen molar-refractivity contribution in [3.8, 4) is 0 Å². The fraction of sp³-hybridized carbons (Fsp3) is 0.375. The first-order valence-corrected chi connectivity index (χ1v) is 15.4. The summed E-state index contributed by atoms with van der Waals surface area (Å²) in [5, 5.41) is 3.00. The molecule has 0 heterocycles. The van der Waals surface area contributed by atoms with Crippen molar-refractivity contribution in [2.24, 2.45) is 5.92 Å². The van der Waals surface area contributed by atoms with Crippen LogP contribution in [0, 0.1) is 26.7 Å². The molecule has 40 heavy (non-hydrogen) atoms. The van der Waals surface area contributed by atoms with Crippen LogP contribution in [0.4, 0.5) is 5.69 Å². The van der Waals surface area contributed by atoms with Gasteiger partial charge >= 0.3 is 0 Å². The third kappa shape index (κ3) is 8.68. The summed E-state index contributed by atoms with van der Waals surface area (Å²) in [6.07, 6.45) is 1.40. The van der Waals surface area contributed by atoms with Gasteiger partial charge in [0.2, 0.25) is 21.8 Å². The van der Waals surface area contributed by atoms with Gasteiger partial charge in [0.15, 0.2) is 0 Å². The minimum absolute atomic E-state index is 0.163. The van der Waals surface area contributed by atoms with E-state index >= 15 is 0 Å². The Hall–Kier alpha value is -3.65. The van der Waals surface area contributed by atoms with Crippen molar-refractivity contribution in [3.63, 3.8) is 0 Å². The quantitative estimate of drug-likeness (QED) is 0.343. The molecular formula is C32H41N3O4S. The van der Waals surface area contributed by atoms with Crippen LogP contribution in [-0.2, 0) is 32.6 Å². The Morgan fingerprint density at radius 2 is 1.48 bits per heavy atom. The Kier molecular flexibility index (Phi) is 10.5. The van der Waals surface area contributed by atoms with E-state index in [0.717, 1.165) is 38.4 Å². The van der Waals surface area contributed by atoms with Crippen LogP contribution in [0.5, 0.6) is 0 Å². The van der Waals surface area contributed by atoms with E-state index in [4.69, 9.17) is 0 Å². The molecule has 0 aliphatic carbocycles. The molecular weight excluding hydrogens is 522 g/mol. The molecule has 0 aromatic heterocycles. The van der Waals surface area contributed by atoms with Crippen molar-refractivity contribution in [1.29, 1.82) is 0 Å². The molecule has 7 nitrogen and oxygen atoms in total. The maximum Gasteiger partial charge on any atom is 0.244 e. The molecule has 3 aromatic carbocycles. The number of sulfonamides is 1. The minimum atomic E-state index is -3.81. The van der Waals surface area contributed by atoms with Gasteiger partial charge in [-0.05, 0) is 55.0 Å². The van der Waals surface area contributed by atoms with E-state index in [1.807, 2.05) is 101 Å². The minimum Gasteiger partial charge on any atom is -0.354 e. The largest absolute Gasteiger partial charge is 0.354 e. The van der Waals surface area contributed by atoms with Gasteiger partial charge in [-0.3, -0.25) is 13.9 Å². The fourth-order valence-corrected chi connectivity index (χ4v) is 5.35. The van der Waals surface area contributed by atoms with Crippen LogP contribution in [-0.4, -0.2) is 50.5 Å². The van der Waals surface area contributed by atoms with Gasteiger partial charge in [-0.1, -0.05) is 86.1 Å². The predicted molar refractivity (Wildman–Crippen MR) is 162 cm³/mol. The van der Waals surface area contributed by atoms with Gasteiger partial charge in [-0.15, -0.1) is 0 Å². The van der Waals surface area contributed by atoms with Gasteiger partial charge in [0.1, 0.15) is 12.6 Å². The second-order valence-corrected chi connectivity index (χ2v) is 12.8. The number of rotatable bonds is 12. The van der Waals surface area contributed by atoms with Gasteiger partial charge in [0.25, 0.3) is 0 Å². The average Bonchev–Trinajstić information content (AvgIpc) is 2.90. The highest BCUT2D eigenvalue weighted by atomic mass is 32.2. The maximum atomic E-state index is 14.2. The zero-order chi connectivity index (χ0) is 29.4. The standard InChI is InChI=1S/C32H41N3O4S/c1-23(2)20-33-32(37)30(19-27-10-8-7-9-11-27)34(21-28-16-13-24(3)14-17-28)31(36)22-35(40(6,38)39)29-18-25(4)12-15-26(29)5/h7-18,23,30H,19-22H2,1-6H3,(H,33,37)/t30-/m1/s1. The topological polar surface area (TPSA) is 86.8 Å². The lowest BCUT2D eigenvalue weighted by Gasteiger charge is -2.34. The average molecular weight is 564 g/mol. The number of aryl methyl sites for hydroxylation is 3. The molecule has 0 unspecified atom stereocenters. The lowest BCUT2D eigenvalue weighted by Crippen LogP contribution is -2.53. The van der Waals surface area contributed by atoms with Gasteiger partial charge < -0.3 is 10.2 Å². The van der Waals surface area contributed by atoms with Crippen LogP contribution < -0.4 is 9.62 Å². The van der Waals surface area contributed by atoms with Gasteiger partial charge in [-0.25, -0.2) is 8.42 Å². The first kappa shape index (κ1) is 30.9. The highest BCUT2D eigenvalue weighted by Crippen LogP contribution is 2.25. The number of carbonyl (C=O) groups excluding carboxylic acids is 2. The van der Waals surface area contributed by atoms with E-state index < -0.39 is 28.5 Å². The zero-order valence-electron chi connectivity index (χ0n) is 24.3. The summed E-state index contributed by atoms with van der Waals surface area (Å²) in [4.78, 5) is 29.3. The Morgan fingerprint density at radius 1 is 0.850 bits per heavy atom. The van der Waals surface area contributed by atoms with Crippen molar-refractivity contribution in [2.45, 2.75) is 53.6 Å². The van der Waals surface area contributed by atoms with Crippen LogP contribution in [0.1, 0.15) is 41.7 Å². The van der Waals surface area contributed by atoms with Crippen LogP contribution in [0.2, 0.25) is 0 Å². The van der Waals surface area contributed by atoms with Crippen LogP contribution in [0.15, 0.2) is 72.8 Å². The molecule has 3 rings (SSSR count). The lowest BCUT2D eigenvalue weighted by molar-refractivity contribution is -0.140. The molecule has 0 aliphatic rings. The van der Waals surface area contributed by atoms with E-state index in [-0.39, 0.29) is 18.4 Å². The summed E-state index contributed by atoms with van der Waals surface area (Å²) in [6, 6.07) is 22.0.